The van der Waals surface area contributed by atoms with Crippen LogP contribution in [0.3, 0.4) is 0 Å². The Morgan fingerprint density at radius 2 is 1.70 bits per heavy atom. The zero-order valence-electron chi connectivity index (χ0n) is 12.8. The lowest BCUT2D eigenvalue weighted by atomic mass is 10.2. The number of esters is 1. The van der Waals surface area contributed by atoms with Gasteiger partial charge < -0.3 is 10.1 Å². The minimum absolute atomic E-state index is 0.214. The number of halogens is 1. The maximum absolute atomic E-state index is 12.1. The van der Waals surface area contributed by atoms with E-state index >= 15 is 0 Å². The molecule has 0 aliphatic carbocycles. The molecule has 0 heterocycles. The third-order valence-corrected chi connectivity index (χ3v) is 3.44. The van der Waals surface area contributed by atoms with Crippen molar-refractivity contribution in [3.05, 3.63) is 59.7 Å². The first kappa shape index (κ1) is 17.0. The largest absolute Gasteiger partial charge is 0.427 e. The van der Waals surface area contributed by atoms with Crippen molar-refractivity contribution in [2.75, 3.05) is 11.2 Å². The summed E-state index contributed by atoms with van der Waals surface area (Å²) >= 11 is 5.53. The Labute approximate surface area is 140 Å². The summed E-state index contributed by atoms with van der Waals surface area (Å²) in [4.78, 5) is 23.6. The number of amides is 1. The second-order valence-corrected chi connectivity index (χ2v) is 5.49. The molecule has 0 saturated heterocycles. The molecular weight excluding hydrogens is 314 g/mol. The van der Waals surface area contributed by atoms with E-state index < -0.39 is 0 Å². The van der Waals surface area contributed by atoms with Gasteiger partial charge in [0.1, 0.15) is 5.75 Å². The van der Waals surface area contributed by atoms with Gasteiger partial charge in [-0.25, -0.2) is 0 Å². The van der Waals surface area contributed by atoms with Crippen molar-refractivity contribution >= 4 is 29.2 Å². The molecule has 0 aromatic heterocycles. The molecule has 0 radical (unpaired) electrons. The van der Waals surface area contributed by atoms with Gasteiger partial charge >= 0.3 is 5.97 Å². The maximum atomic E-state index is 12.1. The van der Waals surface area contributed by atoms with Gasteiger partial charge in [0, 0.05) is 23.6 Å². The number of carbonyl (C=O) groups excluding carboxylic acids is 2. The quantitative estimate of drug-likeness (QED) is 0.491. The van der Waals surface area contributed by atoms with Gasteiger partial charge in [0.15, 0.2) is 0 Å². The molecular formula is C18H18ClNO3. The maximum Gasteiger partial charge on any atom is 0.311 e. The lowest BCUT2D eigenvalue weighted by Crippen LogP contribution is -2.12. The van der Waals surface area contributed by atoms with Crippen molar-refractivity contribution in [1.29, 1.82) is 0 Å². The molecule has 2 rings (SSSR count). The molecule has 0 spiro atoms. The van der Waals surface area contributed by atoms with E-state index in [0.717, 1.165) is 11.3 Å². The van der Waals surface area contributed by atoms with Crippen LogP contribution in [0.15, 0.2) is 48.5 Å². The molecule has 2 aromatic rings. The fourth-order valence-corrected chi connectivity index (χ4v) is 2.04. The molecule has 1 amide bonds. The summed E-state index contributed by atoms with van der Waals surface area (Å²) in [6.07, 6.45) is 0.858. The van der Waals surface area contributed by atoms with Crippen LogP contribution in [0.5, 0.6) is 5.75 Å². The fourth-order valence-electron chi connectivity index (χ4n) is 1.91. The minimum atomic E-state index is -0.331. The molecule has 0 atom stereocenters. The summed E-state index contributed by atoms with van der Waals surface area (Å²) < 4.78 is 5.15. The van der Waals surface area contributed by atoms with Crippen LogP contribution in [-0.4, -0.2) is 17.8 Å². The zero-order valence-corrected chi connectivity index (χ0v) is 13.6. The number of ether oxygens (including phenoxy) is 1. The highest BCUT2D eigenvalue weighted by Gasteiger charge is 2.08. The average Bonchev–Trinajstić information content (AvgIpc) is 2.55. The summed E-state index contributed by atoms with van der Waals surface area (Å²) in [6, 6.07) is 14.0. The van der Waals surface area contributed by atoms with Gasteiger partial charge in [-0.3, -0.25) is 9.59 Å². The van der Waals surface area contributed by atoms with Gasteiger partial charge in [0.2, 0.25) is 0 Å². The van der Waals surface area contributed by atoms with E-state index in [2.05, 4.69) is 5.32 Å². The highest BCUT2D eigenvalue weighted by atomic mass is 35.5. The Hall–Kier alpha value is -2.33. The highest BCUT2D eigenvalue weighted by Crippen LogP contribution is 2.15. The fraction of sp³-hybridized carbons (Fsp3) is 0.222. The highest BCUT2D eigenvalue weighted by molar-refractivity contribution is 6.17. The van der Waals surface area contributed by atoms with Crippen molar-refractivity contribution in [3.8, 4) is 5.75 Å². The van der Waals surface area contributed by atoms with E-state index in [1.807, 2.05) is 31.2 Å². The Morgan fingerprint density at radius 3 is 2.30 bits per heavy atom. The van der Waals surface area contributed by atoms with Crippen LogP contribution in [-0.2, 0) is 4.79 Å². The zero-order chi connectivity index (χ0) is 16.7. The van der Waals surface area contributed by atoms with Crippen molar-refractivity contribution in [2.45, 2.75) is 19.8 Å². The molecule has 0 unspecified atom stereocenters. The first-order valence-electron chi connectivity index (χ1n) is 7.33. The predicted octanol–water partition coefficient (Wildman–Crippen LogP) is 4.17. The number of hydrogen-bond acceptors (Lipinski definition) is 3. The van der Waals surface area contributed by atoms with Crippen LogP contribution >= 0.6 is 11.6 Å². The van der Waals surface area contributed by atoms with E-state index in [9.17, 15) is 9.59 Å². The number of carbonyl (C=O) groups is 2. The molecule has 2 aromatic carbocycles. The number of rotatable bonds is 6. The molecule has 0 fully saturated rings. The van der Waals surface area contributed by atoms with Gasteiger partial charge in [0.05, 0.1) is 0 Å². The van der Waals surface area contributed by atoms with Crippen LogP contribution in [0.4, 0.5) is 5.69 Å². The van der Waals surface area contributed by atoms with Gasteiger partial charge in [-0.1, -0.05) is 17.7 Å². The number of anilines is 1. The standard InChI is InChI=1S/C18H18ClNO3/c1-13-4-8-15(9-5-13)20-18(22)14-6-10-16(11-7-14)23-17(21)3-2-12-19/h4-11H,2-3,12H2,1H3,(H,20,22). The predicted molar refractivity (Wildman–Crippen MR) is 91.2 cm³/mol. The first-order chi connectivity index (χ1) is 11.1. The van der Waals surface area contributed by atoms with Crippen LogP contribution < -0.4 is 10.1 Å². The SMILES string of the molecule is Cc1ccc(NC(=O)c2ccc(OC(=O)CCCCl)cc2)cc1. The first-order valence-corrected chi connectivity index (χ1v) is 7.86. The Bertz CT molecular complexity index is 666. The third kappa shape index (κ3) is 5.42. The van der Waals surface area contributed by atoms with Crippen molar-refractivity contribution in [2.24, 2.45) is 0 Å². The number of aryl methyl sites for hydroxylation is 1. The third-order valence-electron chi connectivity index (χ3n) is 3.17. The molecule has 1 N–H and O–H groups in total. The van der Waals surface area contributed by atoms with E-state index in [4.69, 9.17) is 16.3 Å². The summed E-state index contributed by atoms with van der Waals surface area (Å²) in [6.45, 7) is 1.98. The summed E-state index contributed by atoms with van der Waals surface area (Å²) in [5.74, 6) is 0.292. The number of alkyl halides is 1. The second-order valence-electron chi connectivity index (χ2n) is 5.11. The normalized spacial score (nSPS) is 10.2. The monoisotopic (exact) mass is 331 g/mol. The Morgan fingerprint density at radius 1 is 1.04 bits per heavy atom. The molecule has 0 aliphatic heterocycles. The van der Waals surface area contributed by atoms with E-state index in [-0.39, 0.29) is 18.3 Å². The Kier molecular flexibility index (Phi) is 6.18. The topological polar surface area (TPSA) is 55.4 Å². The van der Waals surface area contributed by atoms with E-state index in [1.165, 1.54) is 0 Å². The van der Waals surface area contributed by atoms with Crippen LogP contribution in [0.25, 0.3) is 0 Å². The summed E-state index contributed by atoms with van der Waals surface area (Å²) in [5, 5.41) is 2.81. The lowest BCUT2D eigenvalue weighted by Gasteiger charge is -2.07. The van der Waals surface area contributed by atoms with Crippen molar-refractivity contribution < 1.29 is 14.3 Å². The summed E-state index contributed by atoms with van der Waals surface area (Å²) in [5.41, 5.74) is 2.35. The van der Waals surface area contributed by atoms with Crippen LogP contribution in [0.1, 0.15) is 28.8 Å². The molecule has 0 saturated carbocycles. The van der Waals surface area contributed by atoms with E-state index in [0.29, 0.717) is 23.6 Å². The van der Waals surface area contributed by atoms with Gasteiger partial charge in [0.25, 0.3) is 5.91 Å². The van der Waals surface area contributed by atoms with Crippen LogP contribution in [0, 0.1) is 6.92 Å². The number of nitrogens with one attached hydrogen (secondary N) is 1. The minimum Gasteiger partial charge on any atom is -0.427 e. The number of benzene rings is 2. The van der Waals surface area contributed by atoms with Gasteiger partial charge in [-0.2, -0.15) is 0 Å². The van der Waals surface area contributed by atoms with Crippen molar-refractivity contribution in [1.82, 2.24) is 0 Å². The Balaban J connectivity index is 1.94. The van der Waals surface area contributed by atoms with Gasteiger partial charge in [-0.15, -0.1) is 11.6 Å². The molecule has 5 heteroatoms. The molecule has 4 nitrogen and oxygen atoms in total. The molecule has 120 valence electrons. The lowest BCUT2D eigenvalue weighted by molar-refractivity contribution is -0.134. The smallest absolute Gasteiger partial charge is 0.311 e. The number of hydrogen-bond donors (Lipinski definition) is 1. The second kappa shape index (κ2) is 8.34. The molecule has 0 bridgehead atoms. The molecule has 0 aliphatic rings. The molecule has 23 heavy (non-hydrogen) atoms. The van der Waals surface area contributed by atoms with E-state index in [1.54, 1.807) is 24.3 Å². The van der Waals surface area contributed by atoms with Crippen molar-refractivity contribution in [3.63, 3.8) is 0 Å². The van der Waals surface area contributed by atoms with Crippen LogP contribution in [0.2, 0.25) is 0 Å². The average molecular weight is 332 g/mol. The van der Waals surface area contributed by atoms with Gasteiger partial charge in [-0.05, 0) is 49.7 Å². The summed E-state index contributed by atoms with van der Waals surface area (Å²) in [7, 11) is 0.